The van der Waals surface area contributed by atoms with Crippen LogP contribution in [0, 0.1) is 10.5 Å². The van der Waals surface area contributed by atoms with E-state index in [0.29, 0.717) is 11.5 Å². The lowest BCUT2D eigenvalue weighted by molar-refractivity contribution is 0.102. The lowest BCUT2D eigenvalue weighted by Crippen LogP contribution is -2.13. The Morgan fingerprint density at radius 1 is 1.29 bits per heavy atom. The predicted molar refractivity (Wildman–Crippen MR) is 105 cm³/mol. The topological polar surface area (TPSA) is 57.8 Å². The molecule has 0 unspecified atom stereocenters. The van der Waals surface area contributed by atoms with E-state index in [4.69, 9.17) is 0 Å². The highest BCUT2D eigenvalue weighted by molar-refractivity contribution is 14.1. The fraction of sp³-hybridized carbons (Fsp3) is 0.263. The number of H-pyrrole nitrogens is 1. The molecule has 1 heterocycles. The Labute approximate surface area is 154 Å². The zero-order valence-corrected chi connectivity index (χ0v) is 15.6. The smallest absolute Gasteiger partial charge is 0.256 e. The monoisotopic (exact) mass is 431 g/mol. The van der Waals surface area contributed by atoms with Gasteiger partial charge in [0.2, 0.25) is 0 Å². The van der Waals surface area contributed by atoms with Gasteiger partial charge in [-0.15, -0.1) is 0 Å². The molecule has 1 aliphatic carbocycles. The third-order valence-electron chi connectivity index (χ3n) is 4.69. The number of nitrogens with zero attached hydrogens (tertiary/aromatic N) is 1. The Balaban J connectivity index is 1.59. The number of hydrogen-bond donors (Lipinski definition) is 2. The van der Waals surface area contributed by atoms with Gasteiger partial charge in [-0.1, -0.05) is 18.6 Å². The lowest BCUT2D eigenvalue weighted by Gasteiger charge is -2.22. The normalized spacial score (nSPS) is 14.6. The molecule has 2 aromatic carbocycles. The molecule has 0 radical (unpaired) electrons. The van der Waals surface area contributed by atoms with Gasteiger partial charge in [-0.2, -0.15) is 0 Å². The van der Waals surface area contributed by atoms with Gasteiger partial charge < -0.3 is 10.3 Å². The molecule has 0 spiro atoms. The van der Waals surface area contributed by atoms with Gasteiger partial charge in [0.15, 0.2) is 0 Å². The van der Waals surface area contributed by atoms with Gasteiger partial charge in [0.1, 0.15) is 5.82 Å². The molecule has 1 amide bonds. The minimum atomic E-state index is -0.0822. The number of amides is 1. The number of rotatable bonds is 3. The Bertz CT molecular complexity index is 928. The third-order valence-corrected chi connectivity index (χ3v) is 6.12. The first-order valence-electron chi connectivity index (χ1n) is 8.18. The van der Waals surface area contributed by atoms with Crippen molar-refractivity contribution in [1.29, 1.82) is 0 Å². The van der Waals surface area contributed by atoms with Crippen molar-refractivity contribution < 1.29 is 4.79 Å². The first-order chi connectivity index (χ1) is 11.6. The molecule has 1 aromatic heterocycles. The fourth-order valence-corrected chi connectivity index (χ4v) is 3.61. The van der Waals surface area contributed by atoms with Gasteiger partial charge >= 0.3 is 0 Å². The van der Waals surface area contributed by atoms with Crippen LogP contribution in [-0.2, 0) is 0 Å². The van der Waals surface area contributed by atoms with E-state index in [0.717, 1.165) is 31.7 Å². The summed E-state index contributed by atoms with van der Waals surface area (Å²) in [5, 5.41) is 2.99. The third kappa shape index (κ3) is 2.81. The molecular formula is C19H18IN3O. The zero-order valence-electron chi connectivity index (χ0n) is 13.4. The Morgan fingerprint density at radius 2 is 2.12 bits per heavy atom. The van der Waals surface area contributed by atoms with Gasteiger partial charge in [-0.3, -0.25) is 4.79 Å². The van der Waals surface area contributed by atoms with Crippen LogP contribution in [0.1, 0.15) is 46.9 Å². The maximum atomic E-state index is 12.6. The standard InChI is InChI=1S/C19H18IN3O/c1-11-4-2-7-14(17(11)20)19(24)21-13-8-9-15-16(10-13)23-18(22-15)12-5-3-6-12/h2,4,7-10,12H,3,5-6H2,1H3,(H,21,24)(H,22,23). The number of nitrogens with one attached hydrogen (secondary N) is 2. The minimum absolute atomic E-state index is 0.0822. The van der Waals surface area contributed by atoms with Gasteiger partial charge in [-0.05, 0) is 72.2 Å². The quantitative estimate of drug-likeness (QED) is 0.574. The zero-order chi connectivity index (χ0) is 16.7. The SMILES string of the molecule is Cc1cccc(C(=O)Nc2ccc3nc(C4CCC4)[nH]c3c2)c1I. The summed E-state index contributed by atoms with van der Waals surface area (Å²) in [7, 11) is 0. The van der Waals surface area contributed by atoms with Crippen LogP contribution < -0.4 is 5.32 Å². The Hall–Kier alpha value is -1.89. The summed E-state index contributed by atoms with van der Waals surface area (Å²) in [6, 6.07) is 11.6. The minimum Gasteiger partial charge on any atom is -0.342 e. The van der Waals surface area contributed by atoms with E-state index in [9.17, 15) is 4.79 Å². The van der Waals surface area contributed by atoms with E-state index < -0.39 is 0 Å². The molecule has 24 heavy (non-hydrogen) atoms. The number of anilines is 1. The average Bonchev–Trinajstić information content (AvgIpc) is 2.90. The summed E-state index contributed by atoms with van der Waals surface area (Å²) in [4.78, 5) is 20.6. The van der Waals surface area contributed by atoms with Crippen molar-refractivity contribution in [2.75, 3.05) is 5.32 Å². The molecule has 4 nitrogen and oxygen atoms in total. The van der Waals surface area contributed by atoms with Crippen molar-refractivity contribution in [3.05, 3.63) is 56.9 Å². The average molecular weight is 431 g/mol. The van der Waals surface area contributed by atoms with Crippen molar-refractivity contribution in [3.63, 3.8) is 0 Å². The van der Waals surface area contributed by atoms with Crippen LogP contribution >= 0.6 is 22.6 Å². The molecule has 4 rings (SSSR count). The molecule has 5 heteroatoms. The highest BCUT2D eigenvalue weighted by atomic mass is 127. The van der Waals surface area contributed by atoms with E-state index in [1.165, 1.54) is 19.3 Å². The maximum Gasteiger partial charge on any atom is 0.256 e. The largest absolute Gasteiger partial charge is 0.342 e. The number of halogens is 1. The van der Waals surface area contributed by atoms with Crippen molar-refractivity contribution >= 4 is 45.2 Å². The number of imidazole rings is 1. The van der Waals surface area contributed by atoms with Crippen LogP contribution in [-0.4, -0.2) is 15.9 Å². The predicted octanol–water partition coefficient (Wildman–Crippen LogP) is 5.00. The highest BCUT2D eigenvalue weighted by Crippen LogP contribution is 2.35. The van der Waals surface area contributed by atoms with E-state index in [1.807, 2.05) is 43.3 Å². The summed E-state index contributed by atoms with van der Waals surface area (Å²) in [6.07, 6.45) is 3.72. The number of hydrogen-bond acceptors (Lipinski definition) is 2. The number of aryl methyl sites for hydroxylation is 1. The molecule has 3 aromatic rings. The van der Waals surface area contributed by atoms with E-state index in [1.54, 1.807) is 0 Å². The van der Waals surface area contributed by atoms with Crippen LogP contribution in [0.5, 0.6) is 0 Å². The molecular weight excluding hydrogens is 413 g/mol. The fourth-order valence-electron chi connectivity index (χ4n) is 3.00. The summed E-state index contributed by atoms with van der Waals surface area (Å²) in [5.74, 6) is 1.57. The highest BCUT2D eigenvalue weighted by Gasteiger charge is 2.22. The molecule has 0 atom stereocenters. The van der Waals surface area contributed by atoms with Gasteiger partial charge in [0.05, 0.1) is 16.6 Å². The second-order valence-corrected chi connectivity index (χ2v) is 7.45. The van der Waals surface area contributed by atoms with E-state index in [-0.39, 0.29) is 5.91 Å². The molecule has 1 fully saturated rings. The van der Waals surface area contributed by atoms with Crippen molar-refractivity contribution in [3.8, 4) is 0 Å². The molecule has 0 bridgehead atoms. The lowest BCUT2D eigenvalue weighted by atomic mass is 9.85. The molecule has 2 N–H and O–H groups in total. The van der Waals surface area contributed by atoms with Crippen molar-refractivity contribution in [2.45, 2.75) is 32.1 Å². The number of aromatic nitrogens is 2. The number of carbonyl (C=O) groups excluding carboxylic acids is 1. The van der Waals surface area contributed by atoms with Gasteiger partial charge in [-0.25, -0.2) is 4.98 Å². The van der Waals surface area contributed by atoms with Gasteiger partial charge in [0, 0.05) is 15.2 Å². The first-order valence-corrected chi connectivity index (χ1v) is 9.26. The van der Waals surface area contributed by atoms with Gasteiger partial charge in [0.25, 0.3) is 5.91 Å². The summed E-state index contributed by atoms with van der Waals surface area (Å²) in [6.45, 7) is 2.01. The second-order valence-electron chi connectivity index (χ2n) is 6.37. The van der Waals surface area contributed by atoms with Crippen LogP contribution in [0.2, 0.25) is 0 Å². The molecule has 122 valence electrons. The van der Waals surface area contributed by atoms with Crippen LogP contribution in [0.15, 0.2) is 36.4 Å². The van der Waals surface area contributed by atoms with Crippen molar-refractivity contribution in [2.24, 2.45) is 0 Å². The first kappa shape index (κ1) is 15.6. The number of fused-ring (bicyclic) bond motifs is 1. The Kier molecular flexibility index (Phi) is 4.04. The van der Waals surface area contributed by atoms with Crippen LogP contribution in [0.3, 0.4) is 0 Å². The van der Waals surface area contributed by atoms with Crippen LogP contribution in [0.25, 0.3) is 11.0 Å². The number of aromatic amines is 1. The summed E-state index contributed by atoms with van der Waals surface area (Å²) < 4.78 is 0.988. The Morgan fingerprint density at radius 3 is 2.88 bits per heavy atom. The van der Waals surface area contributed by atoms with E-state index in [2.05, 4.69) is 37.9 Å². The number of carbonyl (C=O) groups is 1. The number of benzene rings is 2. The molecule has 1 saturated carbocycles. The summed E-state index contributed by atoms with van der Waals surface area (Å²) in [5.41, 5.74) is 4.54. The molecule has 0 aliphatic heterocycles. The van der Waals surface area contributed by atoms with Crippen LogP contribution in [0.4, 0.5) is 5.69 Å². The maximum absolute atomic E-state index is 12.6. The molecule has 0 saturated heterocycles. The van der Waals surface area contributed by atoms with E-state index >= 15 is 0 Å². The second kappa shape index (κ2) is 6.20. The van der Waals surface area contributed by atoms with Crippen molar-refractivity contribution in [1.82, 2.24) is 9.97 Å². The summed E-state index contributed by atoms with van der Waals surface area (Å²) >= 11 is 2.22. The molecule has 1 aliphatic rings.